The zero-order valence-corrected chi connectivity index (χ0v) is 23.8. The van der Waals surface area contributed by atoms with E-state index in [2.05, 4.69) is 22.0 Å². The highest BCUT2D eigenvalue weighted by Crippen LogP contribution is 2.61. The molecule has 0 bridgehead atoms. The molecule has 4 atom stereocenters. The minimum Gasteiger partial charge on any atom is -0.284 e. The molecule has 0 spiro atoms. The minimum atomic E-state index is -1.63. The van der Waals surface area contributed by atoms with Crippen molar-refractivity contribution in [1.29, 1.82) is 0 Å². The van der Waals surface area contributed by atoms with E-state index in [0.717, 1.165) is 22.1 Å². The highest BCUT2D eigenvalue weighted by atomic mass is 35.5. The van der Waals surface area contributed by atoms with E-state index in [9.17, 15) is 9.00 Å². The van der Waals surface area contributed by atoms with E-state index in [1.54, 1.807) is 42.9 Å². The Morgan fingerprint density at radius 1 is 1.23 bits per heavy atom. The van der Waals surface area contributed by atoms with Crippen LogP contribution in [-0.4, -0.2) is 35.3 Å². The second-order valence-electron chi connectivity index (χ2n) is 9.63. The summed E-state index contributed by atoms with van der Waals surface area (Å²) in [6.07, 6.45) is 8.64. The molecule has 0 radical (unpaired) electrons. The Morgan fingerprint density at radius 3 is 2.73 bits per heavy atom. The number of aliphatic imine (C=N–C) groups is 1. The number of rotatable bonds is 7. The predicted octanol–water partition coefficient (Wildman–Crippen LogP) is 6.04. The van der Waals surface area contributed by atoms with Crippen LogP contribution in [0.15, 0.2) is 81.6 Å². The van der Waals surface area contributed by atoms with Gasteiger partial charge in [0.25, 0.3) is 5.56 Å². The zero-order valence-electron chi connectivity index (χ0n) is 22.2. The first-order chi connectivity index (χ1) is 19.1. The Hall–Kier alpha value is -3.76. The Labute approximate surface area is 237 Å². The van der Waals surface area contributed by atoms with Gasteiger partial charge in [-0.05, 0) is 61.6 Å². The number of halogens is 3. The number of benzene rings is 1. The van der Waals surface area contributed by atoms with E-state index in [1.165, 1.54) is 30.7 Å². The zero-order chi connectivity index (χ0) is 28.7. The number of aromatic nitrogens is 4. The van der Waals surface area contributed by atoms with Gasteiger partial charge in [0.05, 0.1) is 33.8 Å². The Bertz CT molecular complexity index is 1810. The number of hydrogen-bond acceptors (Lipinski definition) is 5. The van der Waals surface area contributed by atoms with Crippen molar-refractivity contribution in [3.05, 3.63) is 111 Å². The monoisotopic (exact) mass is 581 g/mol. The van der Waals surface area contributed by atoms with E-state index in [1.807, 2.05) is 12.1 Å². The van der Waals surface area contributed by atoms with Gasteiger partial charge in [-0.2, -0.15) is 5.10 Å². The Morgan fingerprint density at radius 2 is 2.00 bits per heavy atom. The summed E-state index contributed by atoms with van der Waals surface area (Å²) >= 11 is 6.60. The molecule has 4 aromatic rings. The van der Waals surface area contributed by atoms with Crippen molar-refractivity contribution in [3.8, 4) is 0 Å². The summed E-state index contributed by atoms with van der Waals surface area (Å²) in [6, 6.07) is 9.65. The molecule has 0 N–H and O–H groups in total. The second kappa shape index (κ2) is 11.0. The standard InChI is InChI=1S/C29H26ClF2N5O2S/c1-5-11-33-28(18-8-6-9-22(27(18)32)40(4)39)20(31)15-36-16(2)13-19(26(30)29(36)38)24-17(3)25(24)21-14-34-23-10-7-12-35-37(21)23/h5-15,17,24-25H,1-4H3/b11-5+,20-15-,33-28+. The van der Waals surface area contributed by atoms with Gasteiger partial charge in [-0.3, -0.25) is 18.6 Å². The summed E-state index contributed by atoms with van der Waals surface area (Å²) < 4.78 is 45.7. The maximum Gasteiger partial charge on any atom is 0.273 e. The topological polar surface area (TPSA) is 81.6 Å². The SMILES string of the molecule is C/C=C/N=C(/C(F)=C/n1c(C)cc(C2C(C)C2c2cnc3cccnn23)c(Cl)c1=O)c1cccc(S(C)=O)c1F. The van der Waals surface area contributed by atoms with Crippen LogP contribution in [0.25, 0.3) is 11.8 Å². The number of hydrogen-bond donors (Lipinski definition) is 0. The molecular formula is C29H26ClF2N5O2S. The molecule has 0 aliphatic heterocycles. The molecule has 0 saturated heterocycles. The molecule has 206 valence electrons. The molecule has 7 nitrogen and oxygen atoms in total. The number of fused-ring (bicyclic) bond motifs is 1. The van der Waals surface area contributed by atoms with E-state index >= 15 is 8.78 Å². The summed E-state index contributed by atoms with van der Waals surface area (Å²) in [6.45, 7) is 5.43. The summed E-state index contributed by atoms with van der Waals surface area (Å²) in [7, 11) is -1.63. The van der Waals surface area contributed by atoms with Crippen LogP contribution in [-0.2, 0) is 10.8 Å². The number of allylic oxidation sites excluding steroid dienone is 2. The van der Waals surface area contributed by atoms with E-state index in [0.29, 0.717) is 11.3 Å². The van der Waals surface area contributed by atoms with Crippen LogP contribution in [0.5, 0.6) is 0 Å². The van der Waals surface area contributed by atoms with Gasteiger partial charge in [0, 0.05) is 35.8 Å². The molecule has 40 heavy (non-hydrogen) atoms. The first kappa shape index (κ1) is 27.8. The lowest BCUT2D eigenvalue weighted by atomic mass is 10.1. The van der Waals surface area contributed by atoms with Gasteiger partial charge in [0.1, 0.15) is 16.6 Å². The van der Waals surface area contributed by atoms with Gasteiger partial charge in [0.15, 0.2) is 11.5 Å². The van der Waals surface area contributed by atoms with Gasteiger partial charge in [-0.15, -0.1) is 0 Å². The van der Waals surface area contributed by atoms with Crippen LogP contribution < -0.4 is 5.56 Å². The normalized spacial score (nSPS) is 20.4. The van der Waals surface area contributed by atoms with Crippen molar-refractivity contribution in [2.45, 2.75) is 37.5 Å². The number of nitrogens with zero attached hydrogens (tertiary/aromatic N) is 5. The third-order valence-corrected chi connectivity index (χ3v) is 8.45. The Balaban J connectivity index is 1.54. The molecule has 1 aliphatic carbocycles. The first-order valence-electron chi connectivity index (χ1n) is 12.5. The minimum absolute atomic E-state index is 0.0164. The molecular weight excluding hydrogens is 556 g/mol. The fourth-order valence-corrected chi connectivity index (χ4v) is 6.02. The van der Waals surface area contributed by atoms with E-state index in [4.69, 9.17) is 11.6 Å². The molecule has 3 aromatic heterocycles. The summed E-state index contributed by atoms with van der Waals surface area (Å²) in [4.78, 5) is 21.8. The highest BCUT2D eigenvalue weighted by molar-refractivity contribution is 7.84. The summed E-state index contributed by atoms with van der Waals surface area (Å²) in [5.74, 6) is -1.60. The smallest absolute Gasteiger partial charge is 0.273 e. The van der Waals surface area contributed by atoms with Gasteiger partial charge in [0.2, 0.25) is 0 Å². The average molecular weight is 582 g/mol. The molecule has 1 aliphatic rings. The molecule has 11 heteroatoms. The quantitative estimate of drug-likeness (QED) is 0.249. The number of aryl methyl sites for hydroxylation is 1. The lowest BCUT2D eigenvalue weighted by Crippen LogP contribution is -2.21. The van der Waals surface area contributed by atoms with E-state index in [-0.39, 0.29) is 38.9 Å². The number of pyridine rings is 1. The molecule has 0 amide bonds. The van der Waals surface area contributed by atoms with Crippen LogP contribution in [0.3, 0.4) is 0 Å². The van der Waals surface area contributed by atoms with Crippen molar-refractivity contribution in [2.24, 2.45) is 10.9 Å². The van der Waals surface area contributed by atoms with E-state index < -0.39 is 28.0 Å². The maximum absolute atomic E-state index is 15.7. The van der Waals surface area contributed by atoms with Crippen LogP contribution in [0.4, 0.5) is 8.78 Å². The maximum atomic E-state index is 15.7. The van der Waals surface area contributed by atoms with Gasteiger partial charge in [-0.1, -0.05) is 30.7 Å². The molecule has 1 aromatic carbocycles. The van der Waals surface area contributed by atoms with Gasteiger partial charge < -0.3 is 0 Å². The lowest BCUT2D eigenvalue weighted by molar-refractivity contribution is 0.591. The average Bonchev–Trinajstić information content (AvgIpc) is 3.39. The van der Waals surface area contributed by atoms with Crippen molar-refractivity contribution in [1.82, 2.24) is 19.2 Å². The van der Waals surface area contributed by atoms with Crippen LogP contribution in [0, 0.1) is 18.7 Å². The summed E-state index contributed by atoms with van der Waals surface area (Å²) in [5.41, 5.74) is 1.66. The summed E-state index contributed by atoms with van der Waals surface area (Å²) in [5, 5.41) is 4.38. The molecule has 1 fully saturated rings. The molecule has 1 saturated carbocycles. The van der Waals surface area contributed by atoms with Crippen LogP contribution in [0.1, 0.15) is 48.2 Å². The molecule has 5 rings (SSSR count). The highest BCUT2D eigenvalue weighted by Gasteiger charge is 2.51. The second-order valence-corrected chi connectivity index (χ2v) is 11.4. The Kier molecular flexibility index (Phi) is 7.65. The van der Waals surface area contributed by atoms with Crippen molar-refractivity contribution in [2.75, 3.05) is 6.26 Å². The van der Waals surface area contributed by atoms with Crippen molar-refractivity contribution in [3.63, 3.8) is 0 Å². The lowest BCUT2D eigenvalue weighted by Gasteiger charge is -2.12. The largest absolute Gasteiger partial charge is 0.284 e. The third kappa shape index (κ3) is 4.86. The first-order valence-corrected chi connectivity index (χ1v) is 14.5. The van der Waals surface area contributed by atoms with Crippen LogP contribution in [0.2, 0.25) is 5.02 Å². The molecule has 3 heterocycles. The fraction of sp³-hybridized carbons (Fsp3) is 0.241. The van der Waals surface area contributed by atoms with Crippen molar-refractivity contribution >= 4 is 40.0 Å². The fourth-order valence-electron chi connectivity index (χ4n) is 5.12. The van der Waals surface area contributed by atoms with Crippen molar-refractivity contribution < 1.29 is 13.0 Å². The predicted molar refractivity (Wildman–Crippen MR) is 154 cm³/mol. The molecule has 4 unspecified atom stereocenters. The third-order valence-electron chi connectivity index (χ3n) is 7.14. The number of imidazole rings is 1. The van der Waals surface area contributed by atoms with Gasteiger partial charge in [-0.25, -0.2) is 18.3 Å². The van der Waals surface area contributed by atoms with Crippen LogP contribution >= 0.6 is 11.6 Å². The van der Waals surface area contributed by atoms with Gasteiger partial charge >= 0.3 is 0 Å².